The molecule has 3 heterocycles. The Balaban J connectivity index is 1.69. The van der Waals surface area contributed by atoms with Gasteiger partial charge in [0.2, 0.25) is 0 Å². The van der Waals surface area contributed by atoms with Crippen molar-refractivity contribution in [2.75, 3.05) is 0 Å². The zero-order chi connectivity index (χ0) is 20.5. The molecule has 0 atom stereocenters. The van der Waals surface area contributed by atoms with E-state index in [0.717, 1.165) is 34.3 Å². The van der Waals surface area contributed by atoms with Gasteiger partial charge >= 0.3 is 0 Å². The molecule has 5 rings (SSSR count). The number of halogens is 1. The number of benzene rings is 2. The van der Waals surface area contributed by atoms with Crippen molar-refractivity contribution < 1.29 is 0 Å². The lowest BCUT2D eigenvalue weighted by atomic mass is 10.1. The highest BCUT2D eigenvalue weighted by Crippen LogP contribution is 2.37. The monoisotopic (exact) mass is 414 g/mol. The zero-order valence-electron chi connectivity index (χ0n) is 16.4. The van der Waals surface area contributed by atoms with Crippen LogP contribution in [-0.4, -0.2) is 29.5 Å². The molecule has 2 aromatic carbocycles. The molecule has 30 heavy (non-hydrogen) atoms. The molecule has 0 spiro atoms. The van der Waals surface area contributed by atoms with E-state index in [9.17, 15) is 0 Å². The van der Waals surface area contributed by atoms with Gasteiger partial charge < -0.3 is 4.57 Å². The lowest BCUT2D eigenvalue weighted by Gasteiger charge is -2.06. The van der Waals surface area contributed by atoms with E-state index in [1.807, 2.05) is 57.9 Å². The van der Waals surface area contributed by atoms with Gasteiger partial charge in [0.1, 0.15) is 11.4 Å². The second-order valence-corrected chi connectivity index (χ2v) is 7.55. The van der Waals surface area contributed by atoms with Crippen molar-refractivity contribution in [3.8, 4) is 22.5 Å². The van der Waals surface area contributed by atoms with Gasteiger partial charge in [0.25, 0.3) is 0 Å². The first-order valence-electron chi connectivity index (χ1n) is 9.71. The molecule has 148 valence electrons. The summed E-state index contributed by atoms with van der Waals surface area (Å²) in [5, 5.41) is 15.3. The average molecular weight is 415 g/mol. The maximum absolute atomic E-state index is 6.91. The van der Waals surface area contributed by atoms with Crippen molar-refractivity contribution in [2.24, 2.45) is 0 Å². The first-order chi connectivity index (χ1) is 14.7. The second-order valence-electron chi connectivity index (χ2n) is 7.17. The van der Waals surface area contributed by atoms with Crippen LogP contribution in [0.5, 0.6) is 0 Å². The molecular weight excluding hydrogens is 396 g/mol. The van der Waals surface area contributed by atoms with E-state index in [0.29, 0.717) is 22.9 Å². The van der Waals surface area contributed by atoms with E-state index in [1.165, 1.54) is 0 Å². The van der Waals surface area contributed by atoms with Crippen LogP contribution in [0, 0.1) is 6.92 Å². The van der Waals surface area contributed by atoms with Gasteiger partial charge in [-0.15, -0.1) is 10.2 Å². The smallest absolute Gasteiger partial charge is 0.182 e. The van der Waals surface area contributed by atoms with Gasteiger partial charge in [-0.2, -0.15) is 5.10 Å². The van der Waals surface area contributed by atoms with Crippen LogP contribution in [0.2, 0.25) is 5.02 Å². The predicted molar refractivity (Wildman–Crippen MR) is 118 cm³/mol. The fraction of sp³-hybridized carbons (Fsp3) is 0.130. The third-order valence-corrected chi connectivity index (χ3v) is 5.43. The summed E-state index contributed by atoms with van der Waals surface area (Å²) in [4.78, 5) is 4.10. The molecule has 5 aromatic rings. The van der Waals surface area contributed by atoms with Crippen LogP contribution < -0.4 is 0 Å². The fourth-order valence-corrected chi connectivity index (χ4v) is 3.90. The highest BCUT2D eigenvalue weighted by molar-refractivity contribution is 6.38. The number of aromatic nitrogens is 6. The number of hydrogen-bond acceptors (Lipinski definition) is 4. The van der Waals surface area contributed by atoms with Gasteiger partial charge in [0.15, 0.2) is 5.65 Å². The van der Waals surface area contributed by atoms with Crippen molar-refractivity contribution in [3.05, 3.63) is 83.9 Å². The minimum absolute atomic E-state index is 0.566. The fourth-order valence-electron chi connectivity index (χ4n) is 3.58. The van der Waals surface area contributed by atoms with Crippen molar-refractivity contribution >= 4 is 22.6 Å². The average Bonchev–Trinajstić information content (AvgIpc) is 3.41. The molecule has 0 saturated heterocycles. The number of rotatable bonds is 5. The summed E-state index contributed by atoms with van der Waals surface area (Å²) < 4.78 is 3.88. The molecular formula is C23H19ClN6. The quantitative estimate of drug-likeness (QED) is 0.405. The Morgan fingerprint density at radius 2 is 1.73 bits per heavy atom. The highest BCUT2D eigenvalue weighted by Gasteiger charge is 2.21. The Morgan fingerprint density at radius 1 is 0.900 bits per heavy atom. The summed E-state index contributed by atoms with van der Waals surface area (Å²) >= 11 is 6.91. The summed E-state index contributed by atoms with van der Waals surface area (Å²) in [7, 11) is 0. The van der Waals surface area contributed by atoms with Gasteiger partial charge in [0, 0.05) is 30.1 Å². The van der Waals surface area contributed by atoms with Gasteiger partial charge in [-0.05, 0) is 13.0 Å². The Hall–Kier alpha value is -3.51. The van der Waals surface area contributed by atoms with E-state index in [1.54, 1.807) is 12.5 Å². The van der Waals surface area contributed by atoms with Crippen molar-refractivity contribution in [3.63, 3.8) is 0 Å². The number of imidazole rings is 1. The molecule has 0 saturated carbocycles. The topological polar surface area (TPSA) is 61.4 Å². The summed E-state index contributed by atoms with van der Waals surface area (Å²) in [6.07, 6.45) is 5.49. The maximum Gasteiger partial charge on any atom is 0.182 e. The minimum atomic E-state index is 0.566. The Labute approximate surface area is 178 Å². The normalized spacial score (nSPS) is 11.3. The molecule has 7 heteroatoms. The van der Waals surface area contributed by atoms with E-state index in [2.05, 4.69) is 34.2 Å². The Kier molecular flexibility index (Phi) is 4.77. The molecule has 0 aliphatic heterocycles. The lowest BCUT2D eigenvalue weighted by molar-refractivity contribution is 0.543. The van der Waals surface area contributed by atoms with Gasteiger partial charge in [-0.1, -0.05) is 65.7 Å². The Morgan fingerprint density at radius 3 is 2.50 bits per heavy atom. The predicted octanol–water partition coefficient (Wildman–Crippen LogP) is 5.02. The second kappa shape index (κ2) is 7.72. The Bertz CT molecular complexity index is 1310. The van der Waals surface area contributed by atoms with Crippen molar-refractivity contribution in [1.29, 1.82) is 0 Å². The van der Waals surface area contributed by atoms with Crippen LogP contribution >= 0.6 is 11.6 Å². The molecule has 6 nitrogen and oxygen atoms in total. The third-order valence-electron chi connectivity index (χ3n) is 5.07. The summed E-state index contributed by atoms with van der Waals surface area (Å²) in [5.74, 6) is 0. The lowest BCUT2D eigenvalue weighted by Crippen LogP contribution is -2.08. The van der Waals surface area contributed by atoms with E-state index >= 15 is 0 Å². The largest absolute Gasteiger partial charge is 0.336 e. The molecule has 0 fully saturated rings. The number of nitrogens with zero attached hydrogens (tertiary/aromatic N) is 6. The first-order valence-corrected chi connectivity index (χ1v) is 10.1. The number of fused-ring (bicyclic) bond motifs is 1. The van der Waals surface area contributed by atoms with Crippen LogP contribution in [0.25, 0.3) is 33.5 Å². The van der Waals surface area contributed by atoms with Crippen LogP contribution in [0.15, 0.2) is 73.3 Å². The van der Waals surface area contributed by atoms with Gasteiger partial charge in [0.05, 0.1) is 23.3 Å². The SMILES string of the molecule is Cc1cccc(-c2nn(CCn3ccnc3)c3nnc(-c4ccccc4)c(Cl)c23)c1. The van der Waals surface area contributed by atoms with E-state index in [-0.39, 0.29) is 0 Å². The molecule has 0 aliphatic carbocycles. The molecule has 0 bridgehead atoms. The molecule has 0 radical (unpaired) electrons. The van der Waals surface area contributed by atoms with E-state index < -0.39 is 0 Å². The van der Waals surface area contributed by atoms with Gasteiger partial charge in [-0.25, -0.2) is 9.67 Å². The first kappa shape index (κ1) is 18.5. The van der Waals surface area contributed by atoms with Crippen LogP contribution in [0.1, 0.15) is 5.56 Å². The molecule has 0 amide bonds. The van der Waals surface area contributed by atoms with E-state index in [4.69, 9.17) is 16.7 Å². The third kappa shape index (κ3) is 3.35. The zero-order valence-corrected chi connectivity index (χ0v) is 17.2. The minimum Gasteiger partial charge on any atom is -0.336 e. The van der Waals surface area contributed by atoms with Crippen LogP contribution in [-0.2, 0) is 13.1 Å². The molecule has 3 aromatic heterocycles. The summed E-state index contributed by atoms with van der Waals surface area (Å²) in [6.45, 7) is 3.43. The van der Waals surface area contributed by atoms with Crippen molar-refractivity contribution in [2.45, 2.75) is 20.0 Å². The van der Waals surface area contributed by atoms with Crippen LogP contribution in [0.4, 0.5) is 0 Å². The summed E-state index contributed by atoms with van der Waals surface area (Å²) in [6, 6.07) is 18.1. The molecule has 0 unspecified atom stereocenters. The van der Waals surface area contributed by atoms with Crippen molar-refractivity contribution in [1.82, 2.24) is 29.5 Å². The van der Waals surface area contributed by atoms with Crippen LogP contribution in [0.3, 0.4) is 0 Å². The number of aryl methyl sites for hydroxylation is 3. The maximum atomic E-state index is 6.91. The standard InChI is InChI=1S/C23H19ClN6/c1-16-6-5-9-18(14-16)21-19-20(24)22(17-7-3-2-4-8-17)26-27-23(19)30(28-21)13-12-29-11-10-25-15-29/h2-11,14-15H,12-13H2,1H3. The molecule has 0 aliphatic rings. The summed E-state index contributed by atoms with van der Waals surface area (Å²) in [5.41, 5.74) is 5.25. The molecule has 0 N–H and O–H groups in total. The number of hydrogen-bond donors (Lipinski definition) is 0. The van der Waals surface area contributed by atoms with Gasteiger partial charge in [-0.3, -0.25) is 0 Å². The highest BCUT2D eigenvalue weighted by atomic mass is 35.5.